The lowest BCUT2D eigenvalue weighted by molar-refractivity contribution is -0.134. The van der Waals surface area contributed by atoms with Crippen LogP contribution in [0.3, 0.4) is 0 Å². The van der Waals surface area contributed by atoms with Gasteiger partial charge in [0.15, 0.2) is 29.6 Å². The van der Waals surface area contributed by atoms with Crippen molar-refractivity contribution >= 4 is 11.8 Å². The van der Waals surface area contributed by atoms with E-state index < -0.39 is 0 Å². The Morgan fingerprint density at radius 1 is 0.941 bits per heavy atom. The Morgan fingerprint density at radius 2 is 1.71 bits per heavy atom. The molecule has 8 nitrogen and oxygen atoms in total. The molecule has 2 amide bonds. The minimum absolute atomic E-state index is 0.0264. The molecule has 0 aliphatic carbocycles. The SMILES string of the molecule is CCOc1cc(C(=O)N(C)Cc2ccc3c(c2)OCCO3)ccc1OCC(=O)N1CCCCC1. The van der Waals surface area contributed by atoms with Gasteiger partial charge in [-0.25, -0.2) is 0 Å². The van der Waals surface area contributed by atoms with Gasteiger partial charge in [-0.2, -0.15) is 0 Å². The summed E-state index contributed by atoms with van der Waals surface area (Å²) in [6.45, 7) is 5.28. The van der Waals surface area contributed by atoms with Crippen LogP contribution in [0.2, 0.25) is 0 Å². The van der Waals surface area contributed by atoms with Gasteiger partial charge < -0.3 is 28.7 Å². The van der Waals surface area contributed by atoms with Crippen LogP contribution in [0, 0.1) is 0 Å². The molecular weight excluding hydrogens is 436 g/mol. The number of amides is 2. The Labute approximate surface area is 200 Å². The highest BCUT2D eigenvalue weighted by molar-refractivity contribution is 5.94. The molecule has 0 spiro atoms. The molecule has 1 saturated heterocycles. The number of ether oxygens (including phenoxy) is 4. The van der Waals surface area contributed by atoms with Gasteiger partial charge in [-0.1, -0.05) is 6.07 Å². The monoisotopic (exact) mass is 468 g/mol. The van der Waals surface area contributed by atoms with Crippen LogP contribution in [0.4, 0.5) is 0 Å². The molecular formula is C26H32N2O6. The molecule has 2 aliphatic heterocycles. The Morgan fingerprint density at radius 3 is 2.47 bits per heavy atom. The molecule has 0 radical (unpaired) electrons. The molecule has 2 aliphatic rings. The van der Waals surface area contributed by atoms with Gasteiger partial charge in [0.1, 0.15) is 13.2 Å². The van der Waals surface area contributed by atoms with Crippen LogP contribution >= 0.6 is 0 Å². The first kappa shape index (κ1) is 23.7. The zero-order valence-electron chi connectivity index (χ0n) is 19.9. The number of rotatable bonds is 8. The number of hydrogen-bond donors (Lipinski definition) is 0. The lowest BCUT2D eigenvalue weighted by atomic mass is 10.1. The highest BCUT2D eigenvalue weighted by Crippen LogP contribution is 2.32. The van der Waals surface area contributed by atoms with Crippen LogP contribution in [0.25, 0.3) is 0 Å². The minimum atomic E-state index is -0.146. The molecule has 2 heterocycles. The van der Waals surface area contributed by atoms with Crippen LogP contribution in [0.15, 0.2) is 36.4 Å². The summed E-state index contributed by atoms with van der Waals surface area (Å²) in [5.41, 5.74) is 1.43. The molecule has 1 fully saturated rings. The van der Waals surface area contributed by atoms with Crippen LogP contribution < -0.4 is 18.9 Å². The first-order chi connectivity index (χ1) is 16.5. The van der Waals surface area contributed by atoms with E-state index in [0.717, 1.165) is 43.7 Å². The smallest absolute Gasteiger partial charge is 0.260 e. The van der Waals surface area contributed by atoms with Crippen molar-refractivity contribution in [1.82, 2.24) is 9.80 Å². The predicted octanol–water partition coefficient (Wildman–Crippen LogP) is 3.52. The second-order valence-corrected chi connectivity index (χ2v) is 8.46. The van der Waals surface area contributed by atoms with E-state index >= 15 is 0 Å². The van der Waals surface area contributed by atoms with Gasteiger partial charge in [0.05, 0.1) is 6.61 Å². The summed E-state index contributed by atoms with van der Waals surface area (Å²) in [6, 6.07) is 10.8. The van der Waals surface area contributed by atoms with Crippen LogP contribution in [0.5, 0.6) is 23.0 Å². The number of hydrogen-bond acceptors (Lipinski definition) is 6. The minimum Gasteiger partial charge on any atom is -0.490 e. The maximum absolute atomic E-state index is 13.1. The highest BCUT2D eigenvalue weighted by Gasteiger charge is 2.20. The van der Waals surface area contributed by atoms with Crippen molar-refractivity contribution in [3.8, 4) is 23.0 Å². The number of nitrogens with zero attached hydrogens (tertiary/aromatic N) is 2. The van der Waals surface area contributed by atoms with E-state index in [2.05, 4.69) is 0 Å². The summed E-state index contributed by atoms with van der Waals surface area (Å²) < 4.78 is 22.7. The highest BCUT2D eigenvalue weighted by atomic mass is 16.6. The summed E-state index contributed by atoms with van der Waals surface area (Å²) >= 11 is 0. The number of carbonyl (C=O) groups excluding carboxylic acids is 2. The number of benzene rings is 2. The van der Waals surface area contributed by atoms with Crippen molar-refractivity contribution in [3.05, 3.63) is 47.5 Å². The number of carbonyl (C=O) groups is 2. The quantitative estimate of drug-likeness (QED) is 0.590. The van der Waals surface area contributed by atoms with Crippen molar-refractivity contribution in [2.45, 2.75) is 32.7 Å². The summed E-state index contributed by atoms with van der Waals surface area (Å²) in [4.78, 5) is 29.0. The lowest BCUT2D eigenvalue weighted by Gasteiger charge is -2.26. The van der Waals surface area contributed by atoms with Crippen molar-refractivity contribution < 1.29 is 28.5 Å². The largest absolute Gasteiger partial charge is 0.490 e. The second-order valence-electron chi connectivity index (χ2n) is 8.46. The average molecular weight is 469 g/mol. The van der Waals surface area contributed by atoms with E-state index in [0.29, 0.717) is 49.2 Å². The second kappa shape index (κ2) is 11.1. The van der Waals surface area contributed by atoms with Gasteiger partial charge in [0.25, 0.3) is 11.8 Å². The van der Waals surface area contributed by atoms with Crippen molar-refractivity contribution in [2.75, 3.05) is 46.6 Å². The molecule has 8 heteroatoms. The third-order valence-corrected chi connectivity index (χ3v) is 5.92. The number of fused-ring (bicyclic) bond motifs is 1. The molecule has 0 atom stereocenters. The van der Waals surface area contributed by atoms with E-state index in [4.69, 9.17) is 18.9 Å². The molecule has 34 heavy (non-hydrogen) atoms. The lowest BCUT2D eigenvalue weighted by Crippen LogP contribution is -2.38. The van der Waals surface area contributed by atoms with E-state index in [-0.39, 0.29) is 18.4 Å². The standard InChI is InChI=1S/C26H32N2O6/c1-3-31-24-16-20(8-10-22(24)34-18-25(29)28-11-5-4-6-12-28)26(30)27(2)17-19-7-9-21-23(15-19)33-14-13-32-21/h7-10,15-16H,3-6,11-14,17-18H2,1-2H3. The van der Waals surface area contributed by atoms with E-state index in [9.17, 15) is 9.59 Å². The van der Waals surface area contributed by atoms with Gasteiger partial charge >= 0.3 is 0 Å². The molecule has 0 aromatic heterocycles. The van der Waals surface area contributed by atoms with Gasteiger partial charge in [0.2, 0.25) is 0 Å². The Bertz CT molecular complexity index is 1020. The van der Waals surface area contributed by atoms with Gasteiger partial charge in [-0.05, 0) is 62.1 Å². The Hall–Kier alpha value is -3.42. The molecule has 0 N–H and O–H groups in total. The van der Waals surface area contributed by atoms with Crippen LogP contribution in [-0.2, 0) is 11.3 Å². The fourth-order valence-electron chi connectivity index (χ4n) is 4.15. The summed E-state index contributed by atoms with van der Waals surface area (Å²) in [5, 5.41) is 0. The van der Waals surface area contributed by atoms with Crippen LogP contribution in [-0.4, -0.2) is 68.2 Å². The number of likely N-dealkylation sites (tertiary alicyclic amines) is 1. The molecule has 4 rings (SSSR count). The Kier molecular flexibility index (Phi) is 7.77. The summed E-state index contributed by atoms with van der Waals surface area (Å²) in [6.07, 6.45) is 3.23. The van der Waals surface area contributed by atoms with Gasteiger partial charge in [-0.15, -0.1) is 0 Å². The van der Waals surface area contributed by atoms with E-state index in [1.807, 2.05) is 30.0 Å². The first-order valence-corrected chi connectivity index (χ1v) is 11.9. The maximum atomic E-state index is 13.1. The van der Waals surface area contributed by atoms with Crippen LogP contribution in [0.1, 0.15) is 42.1 Å². The molecule has 0 saturated carbocycles. The van der Waals surface area contributed by atoms with Gasteiger partial charge in [0, 0.05) is 32.2 Å². The molecule has 2 aromatic carbocycles. The third-order valence-electron chi connectivity index (χ3n) is 5.92. The normalized spacial score (nSPS) is 14.9. The predicted molar refractivity (Wildman–Crippen MR) is 127 cm³/mol. The zero-order chi connectivity index (χ0) is 23.9. The maximum Gasteiger partial charge on any atom is 0.260 e. The average Bonchev–Trinajstić information content (AvgIpc) is 2.88. The molecule has 182 valence electrons. The topological polar surface area (TPSA) is 77.5 Å². The first-order valence-electron chi connectivity index (χ1n) is 11.9. The summed E-state index contributed by atoms with van der Waals surface area (Å²) in [5.74, 6) is 2.16. The fourth-order valence-corrected chi connectivity index (χ4v) is 4.15. The van der Waals surface area contributed by atoms with Crippen molar-refractivity contribution in [2.24, 2.45) is 0 Å². The fraction of sp³-hybridized carbons (Fsp3) is 0.462. The third kappa shape index (κ3) is 5.73. The van der Waals surface area contributed by atoms with Crippen molar-refractivity contribution in [1.29, 1.82) is 0 Å². The molecule has 2 aromatic rings. The molecule has 0 unspecified atom stereocenters. The Balaban J connectivity index is 1.41. The number of piperidine rings is 1. The van der Waals surface area contributed by atoms with Crippen molar-refractivity contribution in [3.63, 3.8) is 0 Å². The summed E-state index contributed by atoms with van der Waals surface area (Å²) in [7, 11) is 1.75. The van der Waals surface area contributed by atoms with Gasteiger partial charge in [-0.3, -0.25) is 9.59 Å². The zero-order valence-corrected chi connectivity index (χ0v) is 19.9. The van der Waals surface area contributed by atoms with E-state index in [1.54, 1.807) is 30.1 Å². The molecule has 0 bridgehead atoms. The van der Waals surface area contributed by atoms with E-state index in [1.165, 1.54) is 0 Å².